The molecule has 0 aliphatic heterocycles. The lowest BCUT2D eigenvalue weighted by Crippen LogP contribution is -2.29. The van der Waals surface area contributed by atoms with Gasteiger partial charge in [0, 0.05) is 12.1 Å². The van der Waals surface area contributed by atoms with E-state index in [1.54, 1.807) is 13.0 Å². The number of aryl methyl sites for hydroxylation is 1. The lowest BCUT2D eigenvalue weighted by atomic mass is 10.1. The van der Waals surface area contributed by atoms with Crippen LogP contribution in [0.4, 0.5) is 18.0 Å². The zero-order chi connectivity index (χ0) is 23.3. The highest BCUT2D eigenvalue weighted by atomic mass is 19.4. The Hall–Kier alpha value is -3.75. The number of halogens is 3. The number of amides is 2. The first-order chi connectivity index (χ1) is 15.1. The molecule has 0 saturated heterocycles. The van der Waals surface area contributed by atoms with Crippen molar-refractivity contribution in [2.75, 3.05) is 6.54 Å². The number of carbonyl (C=O) groups is 1. The molecule has 9 heteroatoms. The van der Waals surface area contributed by atoms with Crippen LogP contribution in [-0.2, 0) is 12.8 Å². The fourth-order valence-corrected chi connectivity index (χ4v) is 2.89. The summed E-state index contributed by atoms with van der Waals surface area (Å²) in [6, 6.07) is 11.4. The molecule has 0 saturated carbocycles. The van der Waals surface area contributed by atoms with Crippen molar-refractivity contribution in [3.8, 4) is 17.2 Å². The Labute approximate surface area is 182 Å². The van der Waals surface area contributed by atoms with E-state index in [4.69, 9.17) is 14.9 Å². The van der Waals surface area contributed by atoms with Gasteiger partial charge in [0.15, 0.2) is 0 Å². The van der Waals surface area contributed by atoms with E-state index in [-0.39, 0.29) is 12.5 Å². The number of rotatable bonds is 7. The zero-order valence-electron chi connectivity index (χ0n) is 17.5. The Morgan fingerprint density at radius 1 is 1.22 bits per heavy atom. The van der Waals surface area contributed by atoms with Gasteiger partial charge in [-0.25, -0.2) is 9.78 Å². The molecule has 0 radical (unpaired) electrons. The molecule has 2 amide bonds. The maximum absolute atomic E-state index is 12.7. The fraction of sp³-hybridized carbons (Fsp3) is 0.217. The molecule has 0 unspecified atom stereocenters. The summed E-state index contributed by atoms with van der Waals surface area (Å²) >= 11 is 0. The monoisotopic (exact) mass is 445 g/mol. The van der Waals surface area contributed by atoms with Crippen LogP contribution in [0.1, 0.15) is 29.5 Å². The maximum atomic E-state index is 12.7. The summed E-state index contributed by atoms with van der Waals surface area (Å²) in [7, 11) is 0. The predicted octanol–water partition coefficient (Wildman–Crippen LogP) is 5.32. The molecule has 3 rings (SSSR count). The number of carbonyl (C=O) groups excluding carboxylic acids is 1. The average molecular weight is 445 g/mol. The highest BCUT2D eigenvalue weighted by Crippen LogP contribution is 2.31. The third-order valence-corrected chi connectivity index (χ3v) is 4.70. The summed E-state index contributed by atoms with van der Waals surface area (Å²) in [6.07, 6.45) is -2.56. The standard InChI is InChI=1S/C23H22F3N3O3/c1-14(10-11-28-22(27)30)17-4-3-5-19(12-17)31-13-20-15(2)32-21(29-20)16-6-8-18(9-7-16)23(24,25)26/h3-10,12H,11,13H2,1-2H3,(H3,27,28,30)/b14-10+. The van der Waals surface area contributed by atoms with Crippen LogP contribution in [0.3, 0.4) is 0 Å². The number of hydrogen-bond acceptors (Lipinski definition) is 4. The molecule has 0 bridgehead atoms. The van der Waals surface area contributed by atoms with Crippen LogP contribution in [-0.4, -0.2) is 17.6 Å². The largest absolute Gasteiger partial charge is 0.487 e. The highest BCUT2D eigenvalue weighted by Gasteiger charge is 2.30. The van der Waals surface area contributed by atoms with Crippen LogP contribution in [0, 0.1) is 6.92 Å². The van der Waals surface area contributed by atoms with E-state index >= 15 is 0 Å². The van der Waals surface area contributed by atoms with Gasteiger partial charge in [0.2, 0.25) is 5.89 Å². The SMILES string of the molecule is C/C(=C\CNC(N)=O)c1cccc(OCc2nc(-c3ccc(C(F)(F)F)cc3)oc2C)c1. The van der Waals surface area contributed by atoms with Gasteiger partial charge < -0.3 is 20.2 Å². The molecule has 0 fully saturated rings. The minimum absolute atomic E-state index is 0.130. The molecule has 1 aromatic heterocycles. The summed E-state index contributed by atoms with van der Waals surface area (Å²) in [6.45, 7) is 4.07. The van der Waals surface area contributed by atoms with Gasteiger partial charge in [-0.2, -0.15) is 13.2 Å². The van der Waals surface area contributed by atoms with Crippen molar-refractivity contribution in [2.24, 2.45) is 5.73 Å². The van der Waals surface area contributed by atoms with E-state index in [9.17, 15) is 18.0 Å². The molecule has 6 nitrogen and oxygen atoms in total. The molecule has 168 valence electrons. The molecule has 32 heavy (non-hydrogen) atoms. The summed E-state index contributed by atoms with van der Waals surface area (Å²) in [4.78, 5) is 15.1. The van der Waals surface area contributed by atoms with Gasteiger partial charge >= 0.3 is 12.2 Å². The predicted molar refractivity (Wildman–Crippen MR) is 114 cm³/mol. The lowest BCUT2D eigenvalue weighted by molar-refractivity contribution is -0.137. The van der Waals surface area contributed by atoms with Crippen LogP contribution in [0.15, 0.2) is 59.0 Å². The van der Waals surface area contributed by atoms with E-state index in [2.05, 4.69) is 10.3 Å². The molecule has 1 heterocycles. The number of alkyl halides is 3. The fourth-order valence-electron chi connectivity index (χ4n) is 2.89. The number of aromatic nitrogens is 1. The second kappa shape index (κ2) is 9.59. The Balaban J connectivity index is 1.68. The second-order valence-corrected chi connectivity index (χ2v) is 7.05. The quantitative estimate of drug-likeness (QED) is 0.515. The maximum Gasteiger partial charge on any atom is 0.416 e. The van der Waals surface area contributed by atoms with Crippen LogP contribution >= 0.6 is 0 Å². The molecule has 0 aliphatic carbocycles. The van der Waals surface area contributed by atoms with Crippen molar-refractivity contribution in [3.05, 3.63) is 77.2 Å². The van der Waals surface area contributed by atoms with Gasteiger partial charge in [0.1, 0.15) is 23.8 Å². The van der Waals surface area contributed by atoms with Crippen LogP contribution in [0.5, 0.6) is 5.75 Å². The summed E-state index contributed by atoms with van der Waals surface area (Å²) in [5, 5.41) is 2.50. The lowest BCUT2D eigenvalue weighted by Gasteiger charge is -2.08. The van der Waals surface area contributed by atoms with E-state index in [0.717, 1.165) is 23.3 Å². The number of allylic oxidation sites excluding steroid dienone is 1. The van der Waals surface area contributed by atoms with Crippen molar-refractivity contribution < 1.29 is 27.1 Å². The molecule has 0 atom stereocenters. The van der Waals surface area contributed by atoms with Crippen LogP contribution in [0.2, 0.25) is 0 Å². The zero-order valence-corrected chi connectivity index (χ0v) is 17.5. The summed E-state index contributed by atoms with van der Waals surface area (Å²) in [5.41, 5.74) is 7.16. The van der Waals surface area contributed by atoms with E-state index in [1.165, 1.54) is 12.1 Å². The minimum atomic E-state index is -4.40. The molecule has 3 aromatic rings. The smallest absolute Gasteiger partial charge is 0.416 e. The molecule has 3 N–H and O–H groups in total. The van der Waals surface area contributed by atoms with Gasteiger partial charge in [-0.05, 0) is 61.4 Å². The number of nitrogens with two attached hydrogens (primary N) is 1. The third-order valence-electron chi connectivity index (χ3n) is 4.70. The first-order valence-electron chi connectivity index (χ1n) is 9.70. The number of urea groups is 1. The number of nitrogens with zero attached hydrogens (tertiary/aromatic N) is 1. The van der Waals surface area contributed by atoms with Crippen LogP contribution in [0.25, 0.3) is 17.0 Å². The molecule has 2 aromatic carbocycles. The summed E-state index contributed by atoms with van der Waals surface area (Å²) in [5.74, 6) is 1.35. The molecular weight excluding hydrogens is 423 g/mol. The van der Waals surface area contributed by atoms with Gasteiger partial charge in [0.05, 0.1) is 5.56 Å². The number of hydrogen-bond donors (Lipinski definition) is 2. The van der Waals surface area contributed by atoms with Crippen LogP contribution < -0.4 is 15.8 Å². The third kappa shape index (κ3) is 5.90. The van der Waals surface area contributed by atoms with Crippen molar-refractivity contribution in [1.82, 2.24) is 10.3 Å². The van der Waals surface area contributed by atoms with Gasteiger partial charge in [-0.1, -0.05) is 18.2 Å². The van der Waals surface area contributed by atoms with E-state index in [1.807, 2.05) is 31.2 Å². The van der Waals surface area contributed by atoms with E-state index < -0.39 is 17.8 Å². The summed E-state index contributed by atoms with van der Waals surface area (Å²) < 4.78 is 49.7. The Morgan fingerprint density at radius 2 is 1.94 bits per heavy atom. The first-order valence-corrected chi connectivity index (χ1v) is 9.70. The van der Waals surface area contributed by atoms with E-state index in [0.29, 0.717) is 29.3 Å². The number of primary amides is 1. The minimum Gasteiger partial charge on any atom is -0.487 e. The number of benzene rings is 2. The Kier molecular flexibility index (Phi) is 6.87. The molecule has 0 aliphatic rings. The molecular formula is C23H22F3N3O3. The first kappa shape index (κ1) is 22.9. The van der Waals surface area contributed by atoms with Crippen molar-refractivity contribution in [3.63, 3.8) is 0 Å². The normalized spacial score (nSPS) is 12.0. The Morgan fingerprint density at radius 3 is 2.59 bits per heavy atom. The average Bonchev–Trinajstić information content (AvgIpc) is 3.12. The highest BCUT2D eigenvalue weighted by molar-refractivity contribution is 5.72. The Bertz CT molecular complexity index is 1120. The van der Waals surface area contributed by atoms with Gasteiger partial charge in [0.25, 0.3) is 0 Å². The van der Waals surface area contributed by atoms with Crippen molar-refractivity contribution >= 4 is 11.6 Å². The van der Waals surface area contributed by atoms with Crippen molar-refractivity contribution in [1.29, 1.82) is 0 Å². The number of oxazole rings is 1. The topological polar surface area (TPSA) is 90.4 Å². The second-order valence-electron chi connectivity index (χ2n) is 7.05. The van der Waals surface area contributed by atoms with Crippen molar-refractivity contribution in [2.45, 2.75) is 26.6 Å². The molecule has 0 spiro atoms. The number of ether oxygens (including phenoxy) is 1. The van der Waals surface area contributed by atoms with Gasteiger partial charge in [-0.15, -0.1) is 0 Å². The van der Waals surface area contributed by atoms with Gasteiger partial charge in [-0.3, -0.25) is 0 Å². The number of nitrogens with one attached hydrogen (secondary N) is 1.